The van der Waals surface area contributed by atoms with E-state index in [0.717, 1.165) is 40.7 Å². The van der Waals surface area contributed by atoms with Gasteiger partial charge in [-0.1, -0.05) is 48.5 Å². The first kappa shape index (κ1) is 23.0. The Labute approximate surface area is 205 Å². The molecule has 6 nitrogen and oxygen atoms in total. The van der Waals surface area contributed by atoms with Crippen LogP contribution in [-0.4, -0.2) is 44.2 Å². The summed E-state index contributed by atoms with van der Waals surface area (Å²) in [5, 5.41) is 4.68. The molecule has 0 unspecified atom stereocenters. The lowest BCUT2D eigenvalue weighted by Crippen LogP contribution is -2.45. The topological polar surface area (TPSA) is 66.6 Å². The summed E-state index contributed by atoms with van der Waals surface area (Å²) in [7, 11) is 3.31. The highest BCUT2D eigenvalue weighted by Crippen LogP contribution is 2.40. The number of carbonyl (C=O) groups excluding carboxylic acids is 1. The van der Waals surface area contributed by atoms with E-state index in [1.54, 1.807) is 14.2 Å². The number of fused-ring (bicyclic) bond motifs is 2. The van der Waals surface area contributed by atoms with Gasteiger partial charge in [0.2, 0.25) is 5.91 Å². The molecule has 0 fully saturated rings. The molecule has 3 aromatic carbocycles. The predicted octanol–water partition coefficient (Wildman–Crippen LogP) is 4.88. The molecule has 0 bridgehead atoms. The Hall–Kier alpha value is -3.77. The maximum atomic E-state index is 13.4. The minimum absolute atomic E-state index is 0.0580. The number of nitrogens with one attached hydrogen (secondary N) is 2. The molecule has 0 spiro atoms. The summed E-state index contributed by atoms with van der Waals surface area (Å²) >= 11 is 0. The molecule has 6 heteroatoms. The van der Waals surface area contributed by atoms with Crippen LogP contribution < -0.4 is 19.7 Å². The SMILES string of the molecule is COc1cccc([C@@H](CN[C@@H](C)C(=O)N2CCc3ccccc32)c2c[nH]c3ccccc23)c1OC. The monoisotopic (exact) mass is 469 g/mol. The second-order valence-corrected chi connectivity index (χ2v) is 8.92. The molecule has 180 valence electrons. The number of para-hydroxylation sites is 3. The van der Waals surface area contributed by atoms with Gasteiger partial charge in [-0.2, -0.15) is 0 Å². The quantitative estimate of drug-likeness (QED) is 0.386. The molecule has 0 saturated carbocycles. The fourth-order valence-electron chi connectivity index (χ4n) is 5.14. The van der Waals surface area contributed by atoms with E-state index in [9.17, 15) is 4.79 Å². The summed E-state index contributed by atoms with van der Waals surface area (Å²) < 4.78 is 11.4. The van der Waals surface area contributed by atoms with Crippen molar-refractivity contribution in [2.45, 2.75) is 25.3 Å². The van der Waals surface area contributed by atoms with Gasteiger partial charge < -0.3 is 24.7 Å². The standard InChI is InChI=1S/C29H31N3O3/c1-19(29(33)32-16-15-20-9-4-7-13-26(20)32)30-17-24(22-11-8-14-27(34-2)28(22)35-3)23-18-31-25-12-6-5-10-21(23)25/h4-14,18-19,24,30-31H,15-17H2,1-3H3/t19-,24+/m0/s1. The Kier molecular flexibility index (Phi) is 6.47. The van der Waals surface area contributed by atoms with Crippen LogP contribution >= 0.6 is 0 Å². The van der Waals surface area contributed by atoms with Gasteiger partial charge in [0.25, 0.3) is 0 Å². The van der Waals surface area contributed by atoms with E-state index in [2.05, 4.69) is 40.8 Å². The molecule has 0 radical (unpaired) electrons. The first-order valence-corrected chi connectivity index (χ1v) is 12.0. The zero-order valence-electron chi connectivity index (χ0n) is 20.4. The lowest BCUT2D eigenvalue weighted by Gasteiger charge is -2.26. The van der Waals surface area contributed by atoms with Crippen molar-refractivity contribution in [1.29, 1.82) is 0 Å². The molecule has 1 aliphatic rings. The predicted molar refractivity (Wildman–Crippen MR) is 140 cm³/mol. The van der Waals surface area contributed by atoms with E-state index in [0.29, 0.717) is 18.0 Å². The number of aromatic nitrogens is 1. The molecule has 2 N–H and O–H groups in total. The number of nitrogens with zero attached hydrogens (tertiary/aromatic N) is 1. The van der Waals surface area contributed by atoms with Crippen LogP contribution in [0.3, 0.4) is 0 Å². The van der Waals surface area contributed by atoms with Crippen LogP contribution in [0.25, 0.3) is 10.9 Å². The van der Waals surface area contributed by atoms with Crippen molar-refractivity contribution < 1.29 is 14.3 Å². The van der Waals surface area contributed by atoms with Crippen LogP contribution in [0.15, 0.2) is 72.9 Å². The van der Waals surface area contributed by atoms with Crippen LogP contribution in [0.5, 0.6) is 11.5 Å². The minimum Gasteiger partial charge on any atom is -0.493 e. The Morgan fingerprint density at radius 3 is 2.63 bits per heavy atom. The first-order valence-electron chi connectivity index (χ1n) is 12.0. The third kappa shape index (κ3) is 4.26. The molecule has 0 aliphatic carbocycles. The number of hydrogen-bond donors (Lipinski definition) is 2. The number of anilines is 1. The third-order valence-electron chi connectivity index (χ3n) is 6.96. The number of rotatable bonds is 8. The summed E-state index contributed by atoms with van der Waals surface area (Å²) in [6.07, 6.45) is 2.95. The Bertz CT molecular complexity index is 1350. The second-order valence-electron chi connectivity index (χ2n) is 8.92. The first-order chi connectivity index (χ1) is 17.1. The number of ether oxygens (including phenoxy) is 2. The van der Waals surface area contributed by atoms with Crippen molar-refractivity contribution in [2.24, 2.45) is 0 Å². The van der Waals surface area contributed by atoms with Crippen LogP contribution in [-0.2, 0) is 11.2 Å². The van der Waals surface area contributed by atoms with E-state index in [1.165, 1.54) is 5.56 Å². The van der Waals surface area contributed by atoms with Crippen LogP contribution in [0.1, 0.15) is 29.5 Å². The highest BCUT2D eigenvalue weighted by Gasteiger charge is 2.29. The van der Waals surface area contributed by atoms with Gasteiger partial charge >= 0.3 is 0 Å². The number of amides is 1. The van der Waals surface area contributed by atoms with Gasteiger partial charge in [0.15, 0.2) is 11.5 Å². The molecule has 4 aromatic rings. The van der Waals surface area contributed by atoms with Crippen molar-refractivity contribution in [3.05, 3.63) is 89.6 Å². The number of benzene rings is 3. The van der Waals surface area contributed by atoms with E-state index < -0.39 is 0 Å². The molecule has 2 atom stereocenters. The van der Waals surface area contributed by atoms with Crippen LogP contribution in [0.2, 0.25) is 0 Å². The molecule has 35 heavy (non-hydrogen) atoms. The van der Waals surface area contributed by atoms with E-state index >= 15 is 0 Å². The summed E-state index contributed by atoms with van der Waals surface area (Å²) in [6, 6.07) is 22.0. The van der Waals surface area contributed by atoms with Crippen LogP contribution in [0.4, 0.5) is 5.69 Å². The highest BCUT2D eigenvalue weighted by molar-refractivity contribution is 5.98. The molecular weight excluding hydrogens is 438 g/mol. The van der Waals surface area contributed by atoms with Gasteiger partial charge in [0.05, 0.1) is 20.3 Å². The zero-order chi connectivity index (χ0) is 24.4. The lowest BCUT2D eigenvalue weighted by molar-refractivity contribution is -0.120. The lowest BCUT2D eigenvalue weighted by atomic mass is 9.89. The molecular formula is C29H31N3O3. The zero-order valence-corrected chi connectivity index (χ0v) is 20.4. The second kappa shape index (κ2) is 9.84. The molecule has 1 aromatic heterocycles. The van der Waals surface area contributed by atoms with Crippen LogP contribution in [0, 0.1) is 0 Å². The van der Waals surface area contributed by atoms with Crippen molar-refractivity contribution in [3.63, 3.8) is 0 Å². The smallest absolute Gasteiger partial charge is 0.243 e. The number of methoxy groups -OCH3 is 2. The van der Waals surface area contributed by atoms with Gasteiger partial charge in [-0.25, -0.2) is 0 Å². The fraction of sp³-hybridized carbons (Fsp3) is 0.276. The average molecular weight is 470 g/mol. The average Bonchev–Trinajstić information content (AvgIpc) is 3.53. The highest BCUT2D eigenvalue weighted by atomic mass is 16.5. The van der Waals surface area contributed by atoms with Gasteiger partial charge in [-0.3, -0.25) is 4.79 Å². The van der Waals surface area contributed by atoms with Gasteiger partial charge in [-0.15, -0.1) is 0 Å². The van der Waals surface area contributed by atoms with E-state index in [4.69, 9.17) is 9.47 Å². The Morgan fingerprint density at radius 2 is 1.80 bits per heavy atom. The van der Waals surface area contributed by atoms with Crippen molar-refractivity contribution in [3.8, 4) is 11.5 Å². The Balaban J connectivity index is 1.45. The van der Waals surface area contributed by atoms with Crippen molar-refractivity contribution in [2.75, 3.05) is 32.2 Å². The number of hydrogen-bond acceptors (Lipinski definition) is 4. The Morgan fingerprint density at radius 1 is 1.00 bits per heavy atom. The molecule has 2 heterocycles. The number of H-pyrrole nitrogens is 1. The molecule has 1 aliphatic heterocycles. The van der Waals surface area contributed by atoms with Gasteiger partial charge in [0.1, 0.15) is 0 Å². The summed E-state index contributed by atoms with van der Waals surface area (Å²) in [5.41, 5.74) is 5.48. The maximum absolute atomic E-state index is 13.4. The summed E-state index contributed by atoms with van der Waals surface area (Å²) in [5.74, 6) is 1.43. The third-order valence-corrected chi connectivity index (χ3v) is 6.96. The largest absolute Gasteiger partial charge is 0.493 e. The summed E-state index contributed by atoms with van der Waals surface area (Å²) in [4.78, 5) is 18.7. The normalized spacial score (nSPS) is 14.5. The fourth-order valence-corrected chi connectivity index (χ4v) is 5.14. The molecule has 0 saturated heterocycles. The van der Waals surface area contributed by atoms with Gasteiger partial charge in [-0.05, 0) is 42.7 Å². The summed E-state index contributed by atoms with van der Waals surface area (Å²) in [6.45, 7) is 3.23. The van der Waals surface area contributed by atoms with E-state index in [-0.39, 0.29) is 17.9 Å². The molecule has 5 rings (SSSR count). The van der Waals surface area contributed by atoms with Gasteiger partial charge in [0, 0.05) is 47.4 Å². The number of aromatic amines is 1. The van der Waals surface area contributed by atoms with Crippen molar-refractivity contribution >= 4 is 22.5 Å². The number of carbonyl (C=O) groups is 1. The maximum Gasteiger partial charge on any atom is 0.243 e. The minimum atomic E-state index is -0.342. The van der Waals surface area contributed by atoms with E-state index in [1.807, 2.05) is 54.3 Å². The van der Waals surface area contributed by atoms with Crippen molar-refractivity contribution in [1.82, 2.24) is 10.3 Å². The molecule has 1 amide bonds.